The lowest BCUT2D eigenvalue weighted by Crippen LogP contribution is -2.46. The maximum atomic E-state index is 13.3. The maximum absolute atomic E-state index is 13.3. The molecule has 0 spiro atoms. The largest absolute Gasteiger partial charge is 0.462 e. The van der Waals surface area contributed by atoms with Crippen molar-refractivity contribution in [1.82, 2.24) is 5.32 Å². The first kappa shape index (κ1) is 64.3. The topological polar surface area (TPSA) is 95.9 Å². The van der Waals surface area contributed by atoms with Gasteiger partial charge in [-0.2, -0.15) is 0 Å². The molecule has 0 fully saturated rings. The van der Waals surface area contributed by atoms with Crippen LogP contribution in [-0.2, 0) is 14.3 Å². The van der Waals surface area contributed by atoms with Crippen molar-refractivity contribution in [2.45, 2.75) is 341 Å². The third-order valence-electron chi connectivity index (χ3n) is 13.8. The van der Waals surface area contributed by atoms with Crippen LogP contribution >= 0.6 is 0 Å². The first-order valence-electron chi connectivity index (χ1n) is 29.6. The van der Waals surface area contributed by atoms with Crippen LogP contribution in [0.25, 0.3) is 0 Å². The van der Waals surface area contributed by atoms with E-state index in [2.05, 4.69) is 50.4 Å². The third-order valence-corrected chi connectivity index (χ3v) is 13.8. The molecule has 0 bridgehead atoms. The summed E-state index contributed by atoms with van der Waals surface area (Å²) in [5.74, 6) is -0.462. The molecule has 0 aromatic carbocycles. The smallest absolute Gasteiger partial charge is 0.306 e. The molecule has 6 heteroatoms. The molecule has 0 heterocycles. The van der Waals surface area contributed by atoms with E-state index in [0.717, 1.165) is 64.2 Å². The van der Waals surface area contributed by atoms with Crippen molar-refractivity contribution in [2.24, 2.45) is 0 Å². The number of carbonyl (C=O) groups excluding carboxylic acids is 2. The highest BCUT2D eigenvalue weighted by molar-refractivity contribution is 5.77. The fourth-order valence-electron chi connectivity index (χ4n) is 9.35. The molecule has 6 nitrogen and oxygen atoms in total. The number of carbonyl (C=O) groups is 2. The summed E-state index contributed by atoms with van der Waals surface area (Å²) >= 11 is 0. The molecule has 0 rings (SSSR count). The summed E-state index contributed by atoms with van der Waals surface area (Å²) in [7, 11) is 0. The summed E-state index contributed by atoms with van der Waals surface area (Å²) in [5, 5.41) is 23.9. The minimum absolute atomic E-state index is 0.0808. The van der Waals surface area contributed by atoms with Crippen LogP contribution in [0.2, 0.25) is 0 Å². The number of nitrogens with one attached hydrogen (secondary N) is 1. The third kappa shape index (κ3) is 48.8. The Morgan fingerprint density at radius 2 is 0.818 bits per heavy atom. The lowest BCUT2D eigenvalue weighted by Gasteiger charge is -2.24. The van der Waals surface area contributed by atoms with E-state index >= 15 is 0 Å². The summed E-state index contributed by atoms with van der Waals surface area (Å²) in [6, 6.07) is -0.699. The van der Waals surface area contributed by atoms with Gasteiger partial charge in [-0.1, -0.05) is 283 Å². The summed E-state index contributed by atoms with van der Waals surface area (Å²) in [4.78, 5) is 26.3. The van der Waals surface area contributed by atoms with Crippen LogP contribution in [0.15, 0.2) is 24.3 Å². The zero-order valence-corrected chi connectivity index (χ0v) is 44.6. The SMILES string of the molecule is CC/C=C/C/C=C/CCCCCCCCCC(=O)OC(CCCCCCCCCCCCCCCCCC)CC(=O)NC(CO)C(O)CCCCCCCCCCCCCCCCCCC. The first-order valence-corrected chi connectivity index (χ1v) is 29.6. The van der Waals surface area contributed by atoms with Gasteiger partial charge in [-0.05, 0) is 51.4 Å². The average Bonchev–Trinajstić information content (AvgIpc) is 3.31. The molecule has 3 unspecified atom stereocenters. The molecule has 1 amide bonds. The number of amides is 1. The molecular weight excluding hydrogens is 815 g/mol. The Bertz CT molecular complexity index is 1040. The zero-order valence-electron chi connectivity index (χ0n) is 44.6. The van der Waals surface area contributed by atoms with Crippen molar-refractivity contribution in [3.63, 3.8) is 0 Å². The van der Waals surface area contributed by atoms with Crippen LogP contribution < -0.4 is 5.32 Å². The Morgan fingerprint density at radius 3 is 1.23 bits per heavy atom. The van der Waals surface area contributed by atoms with Gasteiger partial charge in [-0.15, -0.1) is 0 Å². The maximum Gasteiger partial charge on any atom is 0.306 e. The van der Waals surface area contributed by atoms with Gasteiger partial charge in [0, 0.05) is 6.42 Å². The number of hydrogen-bond donors (Lipinski definition) is 3. The predicted octanol–water partition coefficient (Wildman–Crippen LogP) is 18.2. The van der Waals surface area contributed by atoms with Crippen molar-refractivity contribution in [2.75, 3.05) is 6.61 Å². The number of unbranched alkanes of at least 4 members (excludes halogenated alkanes) is 38. The standard InChI is InChI=1S/C60H115NO5/c1-4-7-10-13-16-19-22-25-28-30-32-34-37-40-43-46-49-52-58(63)57(55-62)61-59(64)54-56(51-48-45-42-39-36-33-31-29-26-23-20-17-14-11-8-5-2)66-60(65)53-50-47-44-41-38-35-27-24-21-18-15-12-9-6-3/h9,12,18,21,56-58,62-63H,4-8,10-11,13-17,19-20,22-55H2,1-3H3,(H,61,64)/b12-9+,21-18+. The number of hydrogen-bond acceptors (Lipinski definition) is 5. The lowest BCUT2D eigenvalue weighted by atomic mass is 10.0. The van der Waals surface area contributed by atoms with Gasteiger partial charge in [0.15, 0.2) is 0 Å². The molecular formula is C60H115NO5. The van der Waals surface area contributed by atoms with Crippen LogP contribution in [-0.4, -0.2) is 46.9 Å². The summed E-state index contributed by atoms with van der Waals surface area (Å²) in [5.41, 5.74) is 0. The molecule has 3 N–H and O–H groups in total. The Labute approximate surface area is 411 Å². The Balaban J connectivity index is 4.49. The van der Waals surface area contributed by atoms with E-state index in [1.165, 1.54) is 212 Å². The number of esters is 1. The van der Waals surface area contributed by atoms with E-state index < -0.39 is 18.2 Å². The number of aliphatic hydroxyl groups is 2. The van der Waals surface area contributed by atoms with Gasteiger partial charge in [0.2, 0.25) is 5.91 Å². The number of allylic oxidation sites excluding steroid dienone is 4. The average molecular weight is 931 g/mol. The first-order chi connectivity index (χ1) is 32.5. The lowest BCUT2D eigenvalue weighted by molar-refractivity contribution is -0.151. The normalized spacial score (nSPS) is 13.2. The Hall–Kier alpha value is -1.66. The monoisotopic (exact) mass is 930 g/mol. The van der Waals surface area contributed by atoms with Crippen molar-refractivity contribution in [3.05, 3.63) is 24.3 Å². The molecule has 0 aromatic heterocycles. The van der Waals surface area contributed by atoms with Gasteiger partial charge in [0.05, 0.1) is 25.2 Å². The predicted molar refractivity (Wildman–Crippen MR) is 287 cm³/mol. The van der Waals surface area contributed by atoms with Gasteiger partial charge in [-0.3, -0.25) is 9.59 Å². The van der Waals surface area contributed by atoms with Crippen LogP contribution in [0.4, 0.5) is 0 Å². The minimum Gasteiger partial charge on any atom is -0.462 e. The van der Waals surface area contributed by atoms with E-state index in [-0.39, 0.29) is 24.9 Å². The van der Waals surface area contributed by atoms with Gasteiger partial charge >= 0.3 is 5.97 Å². The van der Waals surface area contributed by atoms with Gasteiger partial charge in [-0.25, -0.2) is 0 Å². The molecule has 0 aliphatic rings. The van der Waals surface area contributed by atoms with Crippen molar-refractivity contribution in [1.29, 1.82) is 0 Å². The number of ether oxygens (including phenoxy) is 1. The number of rotatable bonds is 54. The number of aliphatic hydroxyl groups excluding tert-OH is 2. The van der Waals surface area contributed by atoms with Crippen molar-refractivity contribution >= 4 is 11.9 Å². The van der Waals surface area contributed by atoms with Crippen LogP contribution in [0.3, 0.4) is 0 Å². The quantitative estimate of drug-likeness (QED) is 0.0321. The zero-order chi connectivity index (χ0) is 48.1. The van der Waals surface area contributed by atoms with Crippen LogP contribution in [0, 0.1) is 0 Å². The molecule has 66 heavy (non-hydrogen) atoms. The highest BCUT2D eigenvalue weighted by Gasteiger charge is 2.24. The summed E-state index contributed by atoms with van der Waals surface area (Å²) in [6.45, 7) is 6.43. The fourth-order valence-corrected chi connectivity index (χ4v) is 9.35. The molecule has 0 radical (unpaired) electrons. The van der Waals surface area contributed by atoms with E-state index in [4.69, 9.17) is 4.74 Å². The highest BCUT2D eigenvalue weighted by atomic mass is 16.5. The fraction of sp³-hybridized carbons (Fsp3) is 0.900. The molecule has 3 atom stereocenters. The molecule has 0 saturated carbocycles. The second kappa shape index (κ2) is 54.3. The summed E-state index contributed by atoms with van der Waals surface area (Å²) < 4.78 is 5.97. The van der Waals surface area contributed by atoms with E-state index in [1.807, 2.05) is 0 Å². The van der Waals surface area contributed by atoms with Gasteiger partial charge < -0.3 is 20.3 Å². The van der Waals surface area contributed by atoms with E-state index in [1.54, 1.807) is 0 Å². The van der Waals surface area contributed by atoms with Crippen molar-refractivity contribution in [3.8, 4) is 0 Å². The highest BCUT2D eigenvalue weighted by Crippen LogP contribution is 2.19. The molecule has 0 aliphatic heterocycles. The second-order valence-corrected chi connectivity index (χ2v) is 20.4. The van der Waals surface area contributed by atoms with Crippen LogP contribution in [0.1, 0.15) is 323 Å². The Kier molecular flexibility index (Phi) is 52.9. The molecule has 390 valence electrons. The summed E-state index contributed by atoms with van der Waals surface area (Å²) in [6.07, 6.45) is 63.9. The molecule has 0 aromatic rings. The molecule has 0 saturated heterocycles. The van der Waals surface area contributed by atoms with Crippen molar-refractivity contribution < 1.29 is 24.5 Å². The van der Waals surface area contributed by atoms with Crippen LogP contribution in [0.5, 0.6) is 0 Å². The second-order valence-electron chi connectivity index (χ2n) is 20.4. The van der Waals surface area contributed by atoms with E-state index in [9.17, 15) is 19.8 Å². The Morgan fingerprint density at radius 1 is 0.455 bits per heavy atom. The van der Waals surface area contributed by atoms with Gasteiger partial charge in [0.25, 0.3) is 0 Å². The minimum atomic E-state index is -0.786. The molecule has 0 aliphatic carbocycles. The van der Waals surface area contributed by atoms with Gasteiger partial charge in [0.1, 0.15) is 6.10 Å². The van der Waals surface area contributed by atoms with E-state index in [0.29, 0.717) is 19.3 Å².